The standard InChI is InChI=1S/C19H18N4O3/c24-11-12-26-17-4-1-3-16(13-17)22-18(25)14-5-7-15(8-6-14)23-19-20-9-2-10-21-19/h1-10,13,24H,11-12H2,(H,22,25)(H,20,21,23). The summed E-state index contributed by atoms with van der Waals surface area (Å²) in [5.41, 5.74) is 1.92. The first-order valence-corrected chi connectivity index (χ1v) is 8.04. The van der Waals surface area contributed by atoms with Crippen molar-refractivity contribution in [2.75, 3.05) is 23.8 Å². The van der Waals surface area contributed by atoms with Gasteiger partial charge in [-0.2, -0.15) is 0 Å². The number of anilines is 3. The number of benzene rings is 2. The Hall–Kier alpha value is -3.45. The molecule has 0 saturated carbocycles. The van der Waals surface area contributed by atoms with Crippen LogP contribution in [0.4, 0.5) is 17.3 Å². The maximum absolute atomic E-state index is 12.4. The van der Waals surface area contributed by atoms with Gasteiger partial charge in [-0.1, -0.05) is 6.07 Å². The predicted molar refractivity (Wildman–Crippen MR) is 98.7 cm³/mol. The SMILES string of the molecule is O=C(Nc1cccc(OCCO)c1)c1ccc(Nc2ncccn2)cc1. The van der Waals surface area contributed by atoms with Crippen LogP contribution in [0.2, 0.25) is 0 Å². The van der Waals surface area contributed by atoms with Crippen LogP contribution in [-0.2, 0) is 0 Å². The maximum Gasteiger partial charge on any atom is 0.255 e. The van der Waals surface area contributed by atoms with Gasteiger partial charge < -0.3 is 20.5 Å². The number of aliphatic hydroxyl groups excluding tert-OH is 1. The van der Waals surface area contributed by atoms with Crippen LogP contribution in [0.1, 0.15) is 10.4 Å². The van der Waals surface area contributed by atoms with Crippen molar-refractivity contribution in [2.45, 2.75) is 0 Å². The van der Waals surface area contributed by atoms with Crippen molar-refractivity contribution in [3.63, 3.8) is 0 Å². The molecule has 1 heterocycles. The van der Waals surface area contributed by atoms with Crippen LogP contribution in [0.25, 0.3) is 0 Å². The van der Waals surface area contributed by atoms with E-state index in [1.54, 1.807) is 67.0 Å². The largest absolute Gasteiger partial charge is 0.491 e. The van der Waals surface area contributed by atoms with Crippen molar-refractivity contribution >= 4 is 23.2 Å². The van der Waals surface area contributed by atoms with Gasteiger partial charge in [0.1, 0.15) is 12.4 Å². The summed E-state index contributed by atoms with van der Waals surface area (Å²) >= 11 is 0. The Morgan fingerprint density at radius 1 is 1.00 bits per heavy atom. The summed E-state index contributed by atoms with van der Waals surface area (Å²) in [6.45, 7) is 0.141. The number of nitrogens with one attached hydrogen (secondary N) is 2. The molecule has 0 radical (unpaired) electrons. The van der Waals surface area contributed by atoms with E-state index in [9.17, 15) is 4.79 Å². The molecule has 7 heteroatoms. The fourth-order valence-corrected chi connectivity index (χ4v) is 2.23. The van der Waals surface area contributed by atoms with E-state index in [1.165, 1.54) is 0 Å². The smallest absolute Gasteiger partial charge is 0.255 e. The van der Waals surface area contributed by atoms with Gasteiger partial charge in [0.05, 0.1) is 6.61 Å². The molecule has 0 saturated heterocycles. The average molecular weight is 350 g/mol. The fourth-order valence-electron chi connectivity index (χ4n) is 2.23. The zero-order valence-corrected chi connectivity index (χ0v) is 13.9. The van der Waals surface area contributed by atoms with Gasteiger partial charge in [0.15, 0.2) is 0 Å². The summed E-state index contributed by atoms with van der Waals surface area (Å²) in [5.74, 6) is 0.843. The van der Waals surface area contributed by atoms with Gasteiger partial charge in [-0.05, 0) is 42.5 Å². The normalized spacial score (nSPS) is 10.2. The zero-order chi connectivity index (χ0) is 18.2. The van der Waals surface area contributed by atoms with Crippen LogP contribution in [0, 0.1) is 0 Å². The molecule has 0 aliphatic rings. The van der Waals surface area contributed by atoms with Gasteiger partial charge in [0.25, 0.3) is 5.91 Å². The topological polar surface area (TPSA) is 96.4 Å². The molecule has 0 unspecified atom stereocenters. The number of ether oxygens (including phenoxy) is 1. The maximum atomic E-state index is 12.4. The lowest BCUT2D eigenvalue weighted by molar-refractivity contribution is 0.102. The second-order valence-electron chi connectivity index (χ2n) is 5.33. The lowest BCUT2D eigenvalue weighted by Crippen LogP contribution is -2.12. The minimum absolute atomic E-state index is 0.0645. The van der Waals surface area contributed by atoms with Crippen molar-refractivity contribution in [1.82, 2.24) is 9.97 Å². The Balaban J connectivity index is 1.63. The molecule has 0 fully saturated rings. The molecule has 3 rings (SSSR count). The number of carbonyl (C=O) groups is 1. The molecule has 2 aromatic carbocycles. The molecule has 1 aromatic heterocycles. The number of amides is 1. The molecule has 3 aromatic rings. The quantitative estimate of drug-likeness (QED) is 0.606. The van der Waals surface area contributed by atoms with E-state index < -0.39 is 0 Å². The lowest BCUT2D eigenvalue weighted by atomic mass is 10.2. The molecule has 26 heavy (non-hydrogen) atoms. The Kier molecular flexibility index (Phi) is 5.74. The summed E-state index contributed by atoms with van der Waals surface area (Å²) in [6.07, 6.45) is 3.30. The molecular formula is C19H18N4O3. The van der Waals surface area contributed by atoms with Crippen LogP contribution >= 0.6 is 0 Å². The summed E-state index contributed by atoms with van der Waals surface area (Å²) in [6, 6.07) is 15.7. The molecule has 0 bridgehead atoms. The Labute approximate surface area is 150 Å². The molecular weight excluding hydrogens is 332 g/mol. The van der Waals surface area contributed by atoms with Crippen molar-refractivity contribution < 1.29 is 14.6 Å². The van der Waals surface area contributed by atoms with E-state index in [0.29, 0.717) is 22.9 Å². The van der Waals surface area contributed by atoms with E-state index in [2.05, 4.69) is 20.6 Å². The number of hydrogen-bond donors (Lipinski definition) is 3. The molecule has 0 spiro atoms. The first kappa shape index (κ1) is 17.4. The predicted octanol–water partition coefficient (Wildman–Crippen LogP) is 2.84. The fraction of sp³-hybridized carbons (Fsp3) is 0.105. The first-order chi connectivity index (χ1) is 12.7. The second kappa shape index (κ2) is 8.59. The number of aliphatic hydroxyl groups is 1. The van der Waals surface area contributed by atoms with Gasteiger partial charge in [0, 0.05) is 35.4 Å². The average Bonchev–Trinajstić information content (AvgIpc) is 2.68. The molecule has 132 valence electrons. The first-order valence-electron chi connectivity index (χ1n) is 8.04. The summed E-state index contributed by atoms with van der Waals surface area (Å²) < 4.78 is 5.33. The molecule has 0 aliphatic carbocycles. The third kappa shape index (κ3) is 4.78. The van der Waals surface area contributed by atoms with Crippen molar-refractivity contribution in [3.8, 4) is 5.75 Å². The Morgan fingerprint density at radius 3 is 2.50 bits per heavy atom. The monoisotopic (exact) mass is 350 g/mol. The number of hydrogen-bond acceptors (Lipinski definition) is 6. The van der Waals surface area contributed by atoms with Crippen LogP contribution in [0.3, 0.4) is 0 Å². The molecule has 7 nitrogen and oxygen atoms in total. The van der Waals surface area contributed by atoms with E-state index in [0.717, 1.165) is 5.69 Å². The van der Waals surface area contributed by atoms with Gasteiger partial charge in [-0.15, -0.1) is 0 Å². The number of nitrogens with zero attached hydrogens (tertiary/aromatic N) is 2. The van der Waals surface area contributed by atoms with E-state index in [4.69, 9.17) is 9.84 Å². The van der Waals surface area contributed by atoms with Crippen molar-refractivity contribution in [3.05, 3.63) is 72.6 Å². The highest BCUT2D eigenvalue weighted by Crippen LogP contribution is 2.19. The van der Waals surface area contributed by atoms with Gasteiger partial charge in [-0.25, -0.2) is 9.97 Å². The highest BCUT2D eigenvalue weighted by molar-refractivity contribution is 6.04. The summed E-state index contributed by atoms with van der Waals surface area (Å²) in [5, 5.41) is 14.7. The van der Waals surface area contributed by atoms with Gasteiger partial charge in [-0.3, -0.25) is 4.79 Å². The van der Waals surface area contributed by atoms with Crippen molar-refractivity contribution in [1.29, 1.82) is 0 Å². The minimum atomic E-state index is -0.230. The van der Waals surface area contributed by atoms with E-state index in [1.807, 2.05) is 0 Å². The van der Waals surface area contributed by atoms with Crippen LogP contribution < -0.4 is 15.4 Å². The molecule has 3 N–H and O–H groups in total. The van der Waals surface area contributed by atoms with E-state index >= 15 is 0 Å². The zero-order valence-electron chi connectivity index (χ0n) is 13.9. The highest BCUT2D eigenvalue weighted by atomic mass is 16.5. The minimum Gasteiger partial charge on any atom is -0.491 e. The number of rotatable bonds is 7. The highest BCUT2D eigenvalue weighted by Gasteiger charge is 2.07. The Bertz CT molecular complexity index is 854. The van der Waals surface area contributed by atoms with Crippen LogP contribution in [0.5, 0.6) is 5.75 Å². The number of aromatic nitrogens is 2. The van der Waals surface area contributed by atoms with E-state index in [-0.39, 0.29) is 19.1 Å². The molecule has 0 atom stereocenters. The van der Waals surface area contributed by atoms with Gasteiger partial charge >= 0.3 is 0 Å². The third-order valence-electron chi connectivity index (χ3n) is 3.42. The second-order valence-corrected chi connectivity index (χ2v) is 5.33. The third-order valence-corrected chi connectivity index (χ3v) is 3.42. The molecule has 1 amide bonds. The number of carbonyl (C=O) groups excluding carboxylic acids is 1. The lowest BCUT2D eigenvalue weighted by Gasteiger charge is -2.09. The summed E-state index contributed by atoms with van der Waals surface area (Å²) in [4.78, 5) is 20.5. The van der Waals surface area contributed by atoms with Gasteiger partial charge in [0.2, 0.25) is 5.95 Å². The van der Waals surface area contributed by atoms with Crippen LogP contribution in [-0.4, -0.2) is 34.2 Å². The van der Waals surface area contributed by atoms with Crippen LogP contribution in [0.15, 0.2) is 67.0 Å². The molecule has 0 aliphatic heterocycles. The Morgan fingerprint density at radius 2 is 1.77 bits per heavy atom. The summed E-state index contributed by atoms with van der Waals surface area (Å²) in [7, 11) is 0. The van der Waals surface area contributed by atoms with Crippen molar-refractivity contribution in [2.24, 2.45) is 0 Å².